The van der Waals surface area contributed by atoms with Crippen molar-refractivity contribution in [2.75, 3.05) is 54.9 Å². The van der Waals surface area contributed by atoms with Crippen molar-refractivity contribution in [3.05, 3.63) is 92.1 Å². The number of methoxy groups -OCH3 is 4. The van der Waals surface area contributed by atoms with Crippen LogP contribution in [0.5, 0.6) is 23.0 Å². The van der Waals surface area contributed by atoms with Crippen LogP contribution in [-0.2, 0) is 51.0 Å². The maximum atomic E-state index is 13.6. The molecule has 0 unspecified atom stereocenters. The third-order valence-electron chi connectivity index (χ3n) is 29.4. The van der Waals surface area contributed by atoms with Crippen LogP contribution in [-0.4, -0.2) is 78.7 Å². The molecule has 0 aliphatic rings. The Balaban J connectivity index is 2.39. The molecule has 3 aromatic carbocycles. The van der Waals surface area contributed by atoms with Crippen LogP contribution in [0.1, 0.15) is 625 Å². The first-order valence-corrected chi connectivity index (χ1v) is 61.1. The van der Waals surface area contributed by atoms with E-state index in [0.717, 1.165) is 127 Å². The van der Waals surface area contributed by atoms with E-state index in [1.807, 2.05) is 12.1 Å². The van der Waals surface area contributed by atoms with Gasteiger partial charge in [-0.1, -0.05) is 579 Å². The van der Waals surface area contributed by atoms with E-state index in [0.29, 0.717) is 60.6 Å². The Labute approximate surface area is 875 Å². The van der Waals surface area contributed by atoms with Gasteiger partial charge in [-0.25, -0.2) is 19.2 Å². The molecule has 0 aromatic heterocycles. The van der Waals surface area contributed by atoms with E-state index in [1.54, 1.807) is 12.2 Å². The molecule has 0 spiro atoms. The predicted octanol–water partition coefficient (Wildman–Crippen LogP) is 41.0. The molecule has 0 fully saturated rings. The maximum Gasteiger partial charge on any atom is 0.345 e. The van der Waals surface area contributed by atoms with Gasteiger partial charge in [0, 0.05) is 22.3 Å². The highest BCUT2D eigenvalue weighted by Crippen LogP contribution is 2.38. The third-order valence-corrected chi connectivity index (χ3v) is 29.4. The van der Waals surface area contributed by atoms with E-state index in [2.05, 4.69) is 90.1 Å². The molecule has 0 aliphatic carbocycles. The number of hydrogen-bond donors (Lipinski definition) is 0. The summed E-state index contributed by atoms with van der Waals surface area (Å²) in [4.78, 5) is 54.6. The van der Waals surface area contributed by atoms with Crippen LogP contribution in [0, 0.1) is 0 Å². The van der Waals surface area contributed by atoms with Gasteiger partial charge < -0.3 is 37.9 Å². The first-order valence-electron chi connectivity index (χ1n) is 61.1. The molecule has 0 radical (unpaired) electrons. The van der Waals surface area contributed by atoms with Crippen molar-refractivity contribution in [1.29, 1.82) is 0 Å². The second-order valence-electron chi connectivity index (χ2n) is 42.3. The van der Waals surface area contributed by atoms with E-state index < -0.39 is 23.9 Å². The molecule has 12 heteroatoms. The number of benzene rings is 3. The summed E-state index contributed by atoms with van der Waals surface area (Å²) in [6.07, 6.45) is 121. The molecular weight excluding hydrogens is 1750 g/mol. The van der Waals surface area contributed by atoms with Gasteiger partial charge in [0.15, 0.2) is 0 Å². The summed E-state index contributed by atoms with van der Waals surface area (Å²) in [5, 5.41) is 0. The Bertz CT molecular complexity index is 3330. The highest BCUT2D eigenvalue weighted by Gasteiger charge is 2.25. The van der Waals surface area contributed by atoms with Crippen molar-refractivity contribution < 1.29 is 57.1 Å². The Morgan fingerprint density at radius 2 is 0.317 bits per heavy atom. The highest BCUT2D eigenvalue weighted by molar-refractivity contribution is 6.18. The largest absolute Gasteiger partial charge is 0.493 e. The normalized spacial score (nSPS) is 11.5. The molecule has 0 bridgehead atoms. The van der Waals surface area contributed by atoms with Gasteiger partial charge in [0.25, 0.3) is 0 Å². The van der Waals surface area contributed by atoms with Crippen LogP contribution in [0.2, 0.25) is 0 Å². The van der Waals surface area contributed by atoms with E-state index in [1.165, 1.54) is 487 Å². The van der Waals surface area contributed by atoms with Crippen LogP contribution in [0.15, 0.2) is 47.5 Å². The summed E-state index contributed by atoms with van der Waals surface area (Å²) in [5.74, 6) is -0.672. The average molecular weight is 1980 g/mol. The fourth-order valence-electron chi connectivity index (χ4n) is 20.1. The average Bonchev–Trinajstić information content (AvgIpc) is 0.802. The minimum atomic E-state index is -0.778. The van der Waals surface area contributed by atoms with Gasteiger partial charge in [-0.2, -0.15) is 0 Å². The number of hydrogen-bond acceptors (Lipinski definition) is 12. The summed E-state index contributed by atoms with van der Waals surface area (Å²) in [6, 6.07) is 13.1. The molecule has 142 heavy (non-hydrogen) atoms. The van der Waals surface area contributed by atoms with Gasteiger partial charge in [0.2, 0.25) is 0 Å². The van der Waals surface area contributed by atoms with Gasteiger partial charge in [-0.15, -0.1) is 0 Å². The second-order valence-corrected chi connectivity index (χ2v) is 42.3. The second kappa shape index (κ2) is 96.8. The van der Waals surface area contributed by atoms with Crippen LogP contribution in [0.4, 0.5) is 0 Å². The molecule has 0 saturated heterocycles. The number of esters is 4. The Hall–Kier alpha value is -6.30. The summed E-state index contributed by atoms with van der Waals surface area (Å²) in [7, 11) is 5.19. The first-order chi connectivity index (χ1) is 70.0. The van der Waals surface area contributed by atoms with Crippen molar-refractivity contribution in [2.24, 2.45) is 0 Å². The minimum absolute atomic E-state index is 0.214. The summed E-state index contributed by atoms with van der Waals surface area (Å²) in [5.41, 5.74) is 7.33. The van der Waals surface area contributed by atoms with E-state index >= 15 is 0 Å². The zero-order chi connectivity index (χ0) is 102. The fourth-order valence-corrected chi connectivity index (χ4v) is 20.1. The van der Waals surface area contributed by atoms with Crippen LogP contribution >= 0.6 is 0 Å². The third kappa shape index (κ3) is 69.8. The van der Waals surface area contributed by atoms with Crippen molar-refractivity contribution in [3.63, 3.8) is 0 Å². The number of carbonyl (C=O) groups is 4. The number of ether oxygens (including phenoxy) is 8. The van der Waals surface area contributed by atoms with Gasteiger partial charge in [0.1, 0.15) is 34.1 Å². The number of aryl methyl sites for hydroxylation is 2. The Morgan fingerprint density at radius 1 is 0.176 bits per heavy atom. The maximum absolute atomic E-state index is 13.6. The van der Waals surface area contributed by atoms with E-state index in [9.17, 15) is 19.2 Å². The van der Waals surface area contributed by atoms with Gasteiger partial charge in [0.05, 0.1) is 54.9 Å². The predicted molar refractivity (Wildman–Crippen MR) is 612 cm³/mol. The lowest BCUT2D eigenvalue weighted by atomic mass is 9.91. The molecule has 0 saturated carbocycles. The highest BCUT2D eigenvalue weighted by atomic mass is 16.6. The van der Waals surface area contributed by atoms with Gasteiger partial charge in [-0.05, 0) is 110 Å². The van der Waals surface area contributed by atoms with Gasteiger partial charge >= 0.3 is 23.9 Å². The lowest BCUT2D eigenvalue weighted by Crippen LogP contribution is -2.15. The number of carbonyl (C=O) groups excluding carboxylic acids is 4. The lowest BCUT2D eigenvalue weighted by molar-refractivity contribution is -0.145. The van der Waals surface area contributed by atoms with Crippen molar-refractivity contribution in [3.8, 4) is 23.0 Å². The van der Waals surface area contributed by atoms with Crippen LogP contribution < -0.4 is 18.9 Å². The zero-order valence-corrected chi connectivity index (χ0v) is 94.5. The van der Waals surface area contributed by atoms with E-state index in [-0.39, 0.29) is 11.1 Å². The number of unbranched alkanes of at least 4 members (excludes halogenated alkanes) is 78. The topological polar surface area (TPSA) is 142 Å². The molecule has 12 nitrogen and oxygen atoms in total. The lowest BCUT2D eigenvalue weighted by Gasteiger charge is -2.17. The van der Waals surface area contributed by atoms with Crippen molar-refractivity contribution in [2.45, 2.75) is 594 Å². The zero-order valence-electron chi connectivity index (χ0n) is 94.5. The SMILES string of the molecule is CCCCCCCCCCCCCCCCOc1cc(/C=C/c2cc(CCCCCCCCCCCCCCCC)c(/C=C/c3cc(OCCCCCCCCCCCCCCCC)c(C=C(C(=O)OC)C(=O)OC)cc3OCCCCCCCCCCCCCCCC)cc2CCCCCCCCCCCCCCCC)c(OCCCCCCCCCCCCCCCC)cc1C=C(C(=O)OC)C(=O)OC. The molecular formula is C130H222O12. The quantitative estimate of drug-likeness (QED) is 0.0101. The van der Waals surface area contributed by atoms with Crippen molar-refractivity contribution in [1.82, 2.24) is 0 Å². The Kier molecular flexibility index (Phi) is 88.5. The first kappa shape index (κ1) is 130. The molecule has 0 atom stereocenters. The van der Waals surface area contributed by atoms with Gasteiger partial charge in [-0.3, -0.25) is 0 Å². The fraction of sp³-hybridized carbons (Fsp3) is 0.769. The van der Waals surface area contributed by atoms with Crippen LogP contribution in [0.3, 0.4) is 0 Å². The standard InChI is InChI=1S/C130H222O12/c1-11-17-23-29-35-41-47-53-59-65-71-77-83-89-95-113-105-116(98-100-118-110-126(142-104-94-88-82-76-70-64-58-52-46-40-34-28-22-16-6)120(108-122(129(133)137-9)130(134)138-10)112-124(118)140-102-92-86-80-74-68-62-56-50-44-38-32-26-20-14-4)114(96-90-84-78-72-66-60-54-48-42-36-30-24-18-12-2)106-115(113)97-99-117-109-125(141-103-93-87-81-75-69-63-57-51-45-39-33-27-21-15-5)119(107-121(127(131)135-7)128(132)136-8)111-123(117)139-101-91-85-79-73-67-61-55-49-43-37-31-25-19-13-3/h97-100,105-112H,11-96,101-104H2,1-10H3/b99-97+,100-98+. The summed E-state index contributed by atoms with van der Waals surface area (Å²) < 4.78 is 48.9. The molecule has 0 aliphatic heterocycles. The van der Waals surface area contributed by atoms with E-state index in [4.69, 9.17) is 37.9 Å². The molecule has 0 amide bonds. The summed E-state index contributed by atoms with van der Waals surface area (Å²) in [6.45, 7) is 15.7. The Morgan fingerprint density at radius 3 is 0.486 bits per heavy atom. The molecule has 3 rings (SSSR count). The smallest absolute Gasteiger partial charge is 0.345 e. The molecule has 0 heterocycles. The number of rotatable bonds is 104. The summed E-state index contributed by atoms with van der Waals surface area (Å²) >= 11 is 0. The molecule has 3 aromatic rings. The molecule has 0 N–H and O–H groups in total. The van der Waals surface area contributed by atoms with Crippen LogP contribution in [0.25, 0.3) is 36.5 Å². The minimum Gasteiger partial charge on any atom is -0.493 e. The monoisotopic (exact) mass is 1980 g/mol. The molecule has 814 valence electrons. The van der Waals surface area contributed by atoms with Crippen molar-refractivity contribution >= 4 is 60.3 Å².